The van der Waals surface area contributed by atoms with Crippen molar-refractivity contribution >= 4 is 23.4 Å². The van der Waals surface area contributed by atoms with Crippen LogP contribution in [0.25, 0.3) is 22.5 Å². The maximum Gasteiger partial charge on any atom is 0.192 e. The lowest BCUT2D eigenvalue weighted by molar-refractivity contribution is 0.792. The van der Waals surface area contributed by atoms with Crippen molar-refractivity contribution in [2.45, 2.75) is 10.4 Å². The van der Waals surface area contributed by atoms with E-state index < -0.39 is 0 Å². The summed E-state index contributed by atoms with van der Waals surface area (Å²) in [5.74, 6) is 0.841. The first kappa shape index (κ1) is 16.6. The number of benzene rings is 3. The van der Waals surface area contributed by atoms with Crippen molar-refractivity contribution in [2.24, 2.45) is 7.05 Å². The van der Waals surface area contributed by atoms with E-state index in [-0.39, 0.29) is 5.25 Å². The van der Waals surface area contributed by atoms with E-state index in [1.165, 1.54) is 22.3 Å². The van der Waals surface area contributed by atoms with Gasteiger partial charge in [-0.1, -0.05) is 71.9 Å². The molecule has 4 aromatic rings. The third-order valence-electron chi connectivity index (χ3n) is 4.94. The van der Waals surface area contributed by atoms with Crippen LogP contribution in [0.15, 0.2) is 78.0 Å². The molecule has 5 rings (SSSR count). The van der Waals surface area contributed by atoms with Gasteiger partial charge in [0.25, 0.3) is 0 Å². The van der Waals surface area contributed by atoms with Gasteiger partial charge in [0, 0.05) is 17.6 Å². The number of hydrogen-bond donors (Lipinski definition) is 0. The molecule has 27 heavy (non-hydrogen) atoms. The molecule has 0 aliphatic heterocycles. The summed E-state index contributed by atoms with van der Waals surface area (Å²) >= 11 is 7.75. The number of thioether (sulfide) groups is 1. The minimum absolute atomic E-state index is 0.221. The fraction of sp³-hybridized carbons (Fsp3) is 0.0909. The van der Waals surface area contributed by atoms with Gasteiger partial charge in [0.2, 0.25) is 0 Å². The fourth-order valence-electron chi connectivity index (χ4n) is 3.61. The highest BCUT2D eigenvalue weighted by Crippen LogP contribution is 2.51. The largest absolute Gasteiger partial charge is 0.305 e. The Hall–Kier alpha value is -2.56. The van der Waals surface area contributed by atoms with Crippen LogP contribution in [-0.2, 0) is 7.05 Å². The van der Waals surface area contributed by atoms with Crippen LogP contribution in [0.5, 0.6) is 0 Å². The average molecular weight is 390 g/mol. The van der Waals surface area contributed by atoms with E-state index >= 15 is 0 Å². The molecule has 0 spiro atoms. The van der Waals surface area contributed by atoms with Gasteiger partial charge in [-0.05, 0) is 46.5 Å². The molecule has 5 heteroatoms. The van der Waals surface area contributed by atoms with Crippen LogP contribution in [0.2, 0.25) is 5.02 Å². The van der Waals surface area contributed by atoms with E-state index in [1.54, 1.807) is 11.8 Å². The molecular weight excluding hydrogens is 374 g/mol. The summed E-state index contributed by atoms with van der Waals surface area (Å²) < 4.78 is 2.05. The van der Waals surface area contributed by atoms with Crippen LogP contribution < -0.4 is 0 Å². The molecule has 0 atom stereocenters. The molecule has 0 saturated heterocycles. The second-order valence-corrected chi connectivity index (χ2v) is 8.05. The topological polar surface area (TPSA) is 30.7 Å². The first-order chi connectivity index (χ1) is 13.2. The fourth-order valence-corrected chi connectivity index (χ4v) is 4.94. The number of fused-ring (bicyclic) bond motifs is 3. The quantitative estimate of drug-likeness (QED) is 0.430. The van der Waals surface area contributed by atoms with Crippen LogP contribution in [-0.4, -0.2) is 14.8 Å². The maximum absolute atomic E-state index is 6.01. The molecule has 3 aromatic carbocycles. The molecule has 0 radical (unpaired) electrons. The minimum atomic E-state index is 0.221. The predicted octanol–water partition coefficient (Wildman–Crippen LogP) is 6.00. The summed E-state index contributed by atoms with van der Waals surface area (Å²) in [5.41, 5.74) is 6.30. The van der Waals surface area contributed by atoms with Gasteiger partial charge >= 0.3 is 0 Å². The molecule has 0 unspecified atom stereocenters. The van der Waals surface area contributed by atoms with Crippen molar-refractivity contribution in [3.63, 3.8) is 0 Å². The van der Waals surface area contributed by atoms with Crippen molar-refractivity contribution in [1.29, 1.82) is 0 Å². The van der Waals surface area contributed by atoms with Gasteiger partial charge in [-0.3, -0.25) is 0 Å². The van der Waals surface area contributed by atoms with Gasteiger partial charge in [0.15, 0.2) is 11.0 Å². The van der Waals surface area contributed by atoms with Gasteiger partial charge in [0.1, 0.15) is 0 Å². The monoisotopic (exact) mass is 389 g/mol. The van der Waals surface area contributed by atoms with E-state index in [0.29, 0.717) is 0 Å². The number of aromatic nitrogens is 3. The Bertz CT molecular complexity index is 1090. The Balaban J connectivity index is 1.54. The van der Waals surface area contributed by atoms with Gasteiger partial charge < -0.3 is 4.57 Å². The van der Waals surface area contributed by atoms with E-state index in [0.717, 1.165) is 21.6 Å². The van der Waals surface area contributed by atoms with Crippen LogP contribution in [0.4, 0.5) is 0 Å². The summed E-state index contributed by atoms with van der Waals surface area (Å²) in [6.07, 6.45) is 0. The van der Waals surface area contributed by atoms with E-state index in [1.807, 2.05) is 31.3 Å². The normalized spacial score (nSPS) is 12.8. The molecule has 0 bridgehead atoms. The molecule has 0 amide bonds. The highest BCUT2D eigenvalue weighted by atomic mass is 35.5. The van der Waals surface area contributed by atoms with Crippen molar-refractivity contribution in [3.8, 4) is 22.5 Å². The van der Waals surface area contributed by atoms with Gasteiger partial charge in [0.05, 0.1) is 5.25 Å². The Morgan fingerprint density at radius 2 is 1.41 bits per heavy atom. The van der Waals surface area contributed by atoms with E-state index in [2.05, 4.69) is 63.3 Å². The number of hydrogen-bond acceptors (Lipinski definition) is 3. The minimum Gasteiger partial charge on any atom is -0.305 e. The second kappa shape index (κ2) is 6.55. The summed E-state index contributed by atoms with van der Waals surface area (Å²) in [4.78, 5) is 0. The maximum atomic E-state index is 6.01. The van der Waals surface area contributed by atoms with Crippen molar-refractivity contribution in [1.82, 2.24) is 14.8 Å². The van der Waals surface area contributed by atoms with Crippen LogP contribution in [0.3, 0.4) is 0 Å². The van der Waals surface area contributed by atoms with Crippen LogP contribution in [0, 0.1) is 0 Å². The molecule has 1 aromatic heterocycles. The van der Waals surface area contributed by atoms with Crippen LogP contribution >= 0.6 is 23.4 Å². The molecule has 1 aliphatic rings. The van der Waals surface area contributed by atoms with Gasteiger partial charge in [-0.15, -0.1) is 10.2 Å². The molecular formula is C22H16ClN3S. The molecule has 0 saturated carbocycles. The number of nitrogens with zero attached hydrogens (tertiary/aromatic N) is 3. The first-order valence-corrected chi connectivity index (χ1v) is 9.98. The zero-order chi connectivity index (χ0) is 18.4. The third-order valence-corrected chi connectivity index (χ3v) is 6.50. The Morgan fingerprint density at radius 1 is 0.815 bits per heavy atom. The summed E-state index contributed by atoms with van der Waals surface area (Å²) in [7, 11) is 2.01. The van der Waals surface area contributed by atoms with Crippen LogP contribution in [0.1, 0.15) is 16.4 Å². The lowest BCUT2D eigenvalue weighted by atomic mass is 10.1. The molecule has 1 aliphatic carbocycles. The molecule has 132 valence electrons. The average Bonchev–Trinajstić information content (AvgIpc) is 3.22. The van der Waals surface area contributed by atoms with Crippen molar-refractivity contribution in [2.75, 3.05) is 0 Å². The van der Waals surface area contributed by atoms with Crippen molar-refractivity contribution < 1.29 is 0 Å². The molecule has 3 nitrogen and oxygen atoms in total. The summed E-state index contributed by atoms with van der Waals surface area (Å²) in [5, 5.41) is 10.7. The first-order valence-electron chi connectivity index (χ1n) is 8.72. The van der Waals surface area contributed by atoms with Crippen molar-refractivity contribution in [3.05, 3.63) is 88.9 Å². The lowest BCUT2D eigenvalue weighted by Crippen LogP contribution is -1.98. The lowest BCUT2D eigenvalue weighted by Gasteiger charge is -2.12. The zero-order valence-corrected chi connectivity index (χ0v) is 16.2. The number of rotatable bonds is 3. The molecule has 1 heterocycles. The summed E-state index contributed by atoms with van der Waals surface area (Å²) in [6, 6.07) is 24.9. The smallest absolute Gasteiger partial charge is 0.192 e. The van der Waals surface area contributed by atoms with Gasteiger partial charge in [-0.2, -0.15) is 0 Å². The molecule has 0 N–H and O–H groups in total. The Kier molecular flexibility index (Phi) is 4.03. The summed E-state index contributed by atoms with van der Waals surface area (Å²) in [6.45, 7) is 0. The number of halogens is 1. The molecule has 0 fully saturated rings. The predicted molar refractivity (Wildman–Crippen MR) is 111 cm³/mol. The SMILES string of the molecule is Cn1c(SC2c3ccccc3-c3ccccc32)nnc1-c1ccc(Cl)cc1. The standard InChI is InChI=1S/C22H16ClN3S/c1-26-21(14-10-12-15(23)13-11-14)24-25-22(26)27-20-18-8-4-2-6-16(18)17-7-3-5-9-19(17)20/h2-13,20H,1H3. The third kappa shape index (κ3) is 2.76. The van der Waals surface area contributed by atoms with Gasteiger partial charge in [-0.25, -0.2) is 0 Å². The highest BCUT2D eigenvalue weighted by Gasteiger charge is 2.30. The Labute approximate surface area is 167 Å². The van der Waals surface area contributed by atoms with E-state index in [4.69, 9.17) is 11.6 Å². The Morgan fingerprint density at radius 3 is 2.04 bits per heavy atom. The zero-order valence-electron chi connectivity index (χ0n) is 14.6. The second-order valence-electron chi connectivity index (χ2n) is 6.54. The highest BCUT2D eigenvalue weighted by molar-refractivity contribution is 7.99. The van der Waals surface area contributed by atoms with E-state index in [9.17, 15) is 0 Å².